The largest absolute Gasteiger partial charge is 0.308 e. The summed E-state index contributed by atoms with van der Waals surface area (Å²) < 4.78 is 0. The van der Waals surface area contributed by atoms with Crippen LogP contribution < -0.4 is 11.3 Å². The van der Waals surface area contributed by atoms with Gasteiger partial charge in [-0.15, -0.1) is 11.8 Å². The third-order valence-electron chi connectivity index (χ3n) is 1.90. The van der Waals surface area contributed by atoms with E-state index in [2.05, 4.69) is 17.3 Å². The Kier molecular flexibility index (Phi) is 5.40. The van der Waals surface area contributed by atoms with Gasteiger partial charge in [0.05, 0.1) is 0 Å². The van der Waals surface area contributed by atoms with Crippen LogP contribution in [0.15, 0.2) is 23.2 Å². The number of nitrogen functional groups attached to an aromatic ring is 1. The Bertz CT molecular complexity index is 265. The number of aromatic nitrogens is 1. The quantitative estimate of drug-likeness (QED) is 0.329. The number of hydrazine groups is 1. The molecule has 0 atom stereocenters. The summed E-state index contributed by atoms with van der Waals surface area (Å²) in [6.45, 7) is 2.22. The minimum atomic E-state index is 0.727. The predicted molar refractivity (Wildman–Crippen MR) is 62.3 cm³/mol. The van der Waals surface area contributed by atoms with Crippen molar-refractivity contribution in [2.45, 2.75) is 31.1 Å². The topological polar surface area (TPSA) is 50.9 Å². The number of unbranched alkanes of at least 4 members (excludes halogenated alkanes) is 2. The molecule has 0 aromatic carbocycles. The van der Waals surface area contributed by atoms with Gasteiger partial charge in [0, 0.05) is 11.1 Å². The number of pyridine rings is 1. The molecular formula is C10H17N3S. The van der Waals surface area contributed by atoms with E-state index >= 15 is 0 Å². The zero-order valence-corrected chi connectivity index (χ0v) is 9.31. The summed E-state index contributed by atoms with van der Waals surface area (Å²) in [6, 6.07) is 3.98. The zero-order valence-electron chi connectivity index (χ0n) is 8.49. The van der Waals surface area contributed by atoms with E-state index in [1.165, 1.54) is 29.9 Å². The highest BCUT2D eigenvalue weighted by molar-refractivity contribution is 7.99. The van der Waals surface area contributed by atoms with E-state index in [0.29, 0.717) is 0 Å². The minimum Gasteiger partial charge on any atom is -0.308 e. The number of hydrogen-bond donors (Lipinski definition) is 2. The standard InChI is InChI=1S/C10H17N3S/c1-2-3-4-7-14-9-5-6-12-10(8-9)13-11/h5-6,8H,2-4,7,11H2,1H3,(H,12,13). The van der Waals surface area contributed by atoms with Crippen LogP contribution in [0.3, 0.4) is 0 Å². The Hall–Kier alpha value is -0.740. The van der Waals surface area contributed by atoms with E-state index in [9.17, 15) is 0 Å². The van der Waals surface area contributed by atoms with Crippen molar-refractivity contribution in [3.05, 3.63) is 18.3 Å². The van der Waals surface area contributed by atoms with Gasteiger partial charge in [0.15, 0.2) is 0 Å². The van der Waals surface area contributed by atoms with Gasteiger partial charge in [0.1, 0.15) is 5.82 Å². The number of hydrogen-bond acceptors (Lipinski definition) is 4. The average molecular weight is 211 g/mol. The molecule has 1 aromatic heterocycles. The summed E-state index contributed by atoms with van der Waals surface area (Å²) in [4.78, 5) is 5.28. The Balaban J connectivity index is 2.34. The monoisotopic (exact) mass is 211 g/mol. The molecule has 78 valence electrons. The molecule has 4 heteroatoms. The van der Waals surface area contributed by atoms with E-state index in [1.54, 1.807) is 6.20 Å². The zero-order chi connectivity index (χ0) is 10.2. The van der Waals surface area contributed by atoms with Crippen molar-refractivity contribution in [2.75, 3.05) is 11.2 Å². The van der Waals surface area contributed by atoms with Crippen LogP contribution in [0.25, 0.3) is 0 Å². The molecule has 0 unspecified atom stereocenters. The number of anilines is 1. The Morgan fingerprint density at radius 2 is 2.36 bits per heavy atom. The first-order valence-corrected chi connectivity index (χ1v) is 5.91. The van der Waals surface area contributed by atoms with Gasteiger partial charge in [0.25, 0.3) is 0 Å². The van der Waals surface area contributed by atoms with Gasteiger partial charge in [-0.25, -0.2) is 10.8 Å². The van der Waals surface area contributed by atoms with Gasteiger partial charge in [0.2, 0.25) is 0 Å². The van der Waals surface area contributed by atoms with Gasteiger partial charge in [-0.3, -0.25) is 0 Å². The molecule has 1 heterocycles. The number of nitrogens with two attached hydrogens (primary N) is 1. The second kappa shape index (κ2) is 6.68. The van der Waals surface area contributed by atoms with E-state index < -0.39 is 0 Å². The Labute approximate surface area is 89.5 Å². The second-order valence-electron chi connectivity index (χ2n) is 3.08. The molecule has 0 spiro atoms. The highest BCUT2D eigenvalue weighted by atomic mass is 32.2. The lowest BCUT2D eigenvalue weighted by atomic mass is 10.3. The molecule has 3 N–H and O–H groups in total. The summed E-state index contributed by atoms with van der Waals surface area (Å²) in [6.07, 6.45) is 5.62. The molecule has 0 aliphatic carbocycles. The Morgan fingerprint density at radius 1 is 1.50 bits per heavy atom. The molecule has 1 rings (SSSR count). The molecule has 0 radical (unpaired) electrons. The van der Waals surface area contributed by atoms with E-state index in [-0.39, 0.29) is 0 Å². The summed E-state index contributed by atoms with van der Waals surface area (Å²) >= 11 is 1.85. The summed E-state index contributed by atoms with van der Waals surface area (Å²) in [5.74, 6) is 7.17. The first-order valence-electron chi connectivity index (χ1n) is 4.92. The second-order valence-corrected chi connectivity index (χ2v) is 4.25. The van der Waals surface area contributed by atoms with Crippen molar-refractivity contribution >= 4 is 17.6 Å². The molecule has 0 aliphatic rings. The molecule has 14 heavy (non-hydrogen) atoms. The minimum absolute atomic E-state index is 0.727. The van der Waals surface area contributed by atoms with Crippen LogP contribution in [-0.2, 0) is 0 Å². The average Bonchev–Trinajstić information content (AvgIpc) is 2.25. The molecule has 0 amide bonds. The van der Waals surface area contributed by atoms with Crippen molar-refractivity contribution in [3.63, 3.8) is 0 Å². The van der Waals surface area contributed by atoms with Crippen LogP contribution in [0, 0.1) is 0 Å². The van der Waals surface area contributed by atoms with Crippen LogP contribution in [0.2, 0.25) is 0 Å². The fourth-order valence-corrected chi connectivity index (χ4v) is 2.06. The smallest absolute Gasteiger partial charge is 0.140 e. The fraction of sp³-hybridized carbons (Fsp3) is 0.500. The Morgan fingerprint density at radius 3 is 3.07 bits per heavy atom. The lowest BCUT2D eigenvalue weighted by molar-refractivity contribution is 0.778. The van der Waals surface area contributed by atoms with Gasteiger partial charge < -0.3 is 5.43 Å². The van der Waals surface area contributed by atoms with Crippen molar-refractivity contribution in [2.24, 2.45) is 5.84 Å². The van der Waals surface area contributed by atoms with E-state index in [4.69, 9.17) is 5.84 Å². The highest BCUT2D eigenvalue weighted by Crippen LogP contribution is 2.20. The van der Waals surface area contributed by atoms with Crippen LogP contribution in [0.5, 0.6) is 0 Å². The van der Waals surface area contributed by atoms with Crippen LogP contribution in [0.4, 0.5) is 5.82 Å². The normalized spacial score (nSPS) is 10.1. The van der Waals surface area contributed by atoms with Gasteiger partial charge in [-0.05, 0) is 24.3 Å². The summed E-state index contributed by atoms with van der Waals surface area (Å²) in [5, 5.41) is 0. The molecular weight excluding hydrogens is 194 g/mol. The van der Waals surface area contributed by atoms with Crippen molar-refractivity contribution in [1.82, 2.24) is 4.98 Å². The first-order chi connectivity index (χ1) is 6.86. The molecule has 0 saturated carbocycles. The van der Waals surface area contributed by atoms with Crippen LogP contribution in [0.1, 0.15) is 26.2 Å². The predicted octanol–water partition coefficient (Wildman–Crippen LogP) is 2.65. The van der Waals surface area contributed by atoms with E-state index in [0.717, 1.165) is 5.82 Å². The first kappa shape index (κ1) is 11.3. The summed E-state index contributed by atoms with van der Waals surface area (Å²) in [5.41, 5.74) is 2.54. The van der Waals surface area contributed by atoms with E-state index in [1.807, 2.05) is 23.9 Å². The number of rotatable bonds is 6. The fourth-order valence-electron chi connectivity index (χ4n) is 1.12. The van der Waals surface area contributed by atoms with Crippen LogP contribution in [-0.4, -0.2) is 10.7 Å². The maximum absolute atomic E-state index is 5.27. The maximum atomic E-state index is 5.27. The third kappa shape index (κ3) is 3.98. The van der Waals surface area contributed by atoms with Crippen molar-refractivity contribution < 1.29 is 0 Å². The van der Waals surface area contributed by atoms with Gasteiger partial charge in [-0.2, -0.15) is 0 Å². The maximum Gasteiger partial charge on any atom is 0.140 e. The van der Waals surface area contributed by atoms with Gasteiger partial charge in [-0.1, -0.05) is 19.8 Å². The lowest BCUT2D eigenvalue weighted by Gasteiger charge is -2.03. The third-order valence-corrected chi connectivity index (χ3v) is 2.98. The van der Waals surface area contributed by atoms with Crippen molar-refractivity contribution in [1.29, 1.82) is 0 Å². The number of nitrogens with zero attached hydrogens (tertiary/aromatic N) is 1. The molecule has 0 bridgehead atoms. The molecule has 0 saturated heterocycles. The summed E-state index contributed by atoms with van der Waals surface area (Å²) in [7, 11) is 0. The molecule has 3 nitrogen and oxygen atoms in total. The van der Waals surface area contributed by atoms with Crippen LogP contribution >= 0.6 is 11.8 Å². The molecule has 0 aliphatic heterocycles. The van der Waals surface area contributed by atoms with Gasteiger partial charge >= 0.3 is 0 Å². The number of nitrogens with one attached hydrogen (secondary N) is 1. The number of thioether (sulfide) groups is 1. The molecule has 0 fully saturated rings. The highest BCUT2D eigenvalue weighted by Gasteiger charge is 1.96. The lowest BCUT2D eigenvalue weighted by Crippen LogP contribution is -2.07. The molecule has 1 aromatic rings. The SMILES string of the molecule is CCCCCSc1ccnc(NN)c1. The van der Waals surface area contributed by atoms with Crippen molar-refractivity contribution in [3.8, 4) is 0 Å².